The molecule has 3 rings (SSSR count). The zero-order chi connectivity index (χ0) is 17.6. The van der Waals surface area contributed by atoms with Crippen LogP contribution in [0.3, 0.4) is 0 Å². The number of halogens is 2. The highest BCUT2D eigenvalue weighted by atomic mass is 79.9. The lowest BCUT2D eigenvalue weighted by Crippen LogP contribution is -2.36. The molecule has 0 atom stereocenters. The zero-order valence-electron chi connectivity index (χ0n) is 14.2. The highest BCUT2D eigenvalue weighted by Gasteiger charge is 2.09. The molecule has 1 aliphatic rings. The van der Waals surface area contributed by atoms with Gasteiger partial charge in [-0.25, -0.2) is 0 Å². The van der Waals surface area contributed by atoms with E-state index in [2.05, 4.69) is 61.9 Å². The van der Waals surface area contributed by atoms with Crippen molar-refractivity contribution >= 4 is 37.4 Å². The number of hydrogen-bond donors (Lipinski definition) is 0. The minimum atomic E-state index is 0.801. The molecule has 0 N–H and O–H groups in total. The van der Waals surface area contributed by atoms with E-state index >= 15 is 0 Å². The molecule has 1 fully saturated rings. The molecule has 2 aromatic carbocycles. The molecule has 1 aliphatic heterocycles. The van der Waals surface area contributed by atoms with Gasteiger partial charge in [-0.05, 0) is 64.3 Å². The average molecular weight is 467 g/mol. The van der Waals surface area contributed by atoms with E-state index in [1.807, 2.05) is 30.3 Å². The van der Waals surface area contributed by atoms with E-state index in [4.69, 9.17) is 9.47 Å². The van der Waals surface area contributed by atoms with Crippen LogP contribution in [0.15, 0.2) is 57.5 Å². The van der Waals surface area contributed by atoms with Crippen molar-refractivity contribution in [2.24, 2.45) is 0 Å². The maximum atomic E-state index is 5.94. The summed E-state index contributed by atoms with van der Waals surface area (Å²) in [7, 11) is 0. The SMILES string of the molecule is CC(=CCN1CCOCC1)c1ccc(Oc2ccc(Br)cc2Br)cc1. The van der Waals surface area contributed by atoms with Crippen molar-refractivity contribution < 1.29 is 9.47 Å². The molecule has 2 aromatic rings. The molecular weight excluding hydrogens is 446 g/mol. The number of benzene rings is 2. The first-order valence-electron chi connectivity index (χ1n) is 8.32. The lowest BCUT2D eigenvalue weighted by molar-refractivity contribution is 0.0435. The van der Waals surface area contributed by atoms with Gasteiger partial charge in [-0.2, -0.15) is 0 Å². The first kappa shape index (κ1) is 18.6. The van der Waals surface area contributed by atoms with Crippen LogP contribution in [0.5, 0.6) is 11.5 Å². The first-order valence-corrected chi connectivity index (χ1v) is 9.90. The molecule has 0 spiro atoms. The first-order chi connectivity index (χ1) is 12.1. The number of rotatable bonds is 5. The summed E-state index contributed by atoms with van der Waals surface area (Å²) in [6, 6.07) is 14.1. The molecule has 0 aromatic heterocycles. The summed E-state index contributed by atoms with van der Waals surface area (Å²) in [5.41, 5.74) is 2.50. The van der Waals surface area contributed by atoms with Gasteiger partial charge < -0.3 is 9.47 Å². The van der Waals surface area contributed by atoms with Gasteiger partial charge in [0.25, 0.3) is 0 Å². The van der Waals surface area contributed by atoms with Gasteiger partial charge >= 0.3 is 0 Å². The molecule has 0 bridgehead atoms. The Kier molecular flexibility index (Phi) is 6.70. The molecule has 1 heterocycles. The van der Waals surface area contributed by atoms with Crippen LogP contribution >= 0.6 is 31.9 Å². The summed E-state index contributed by atoms with van der Waals surface area (Å²) in [5, 5.41) is 0. The van der Waals surface area contributed by atoms with Gasteiger partial charge in [0.05, 0.1) is 17.7 Å². The number of hydrogen-bond acceptors (Lipinski definition) is 3. The minimum absolute atomic E-state index is 0.801. The van der Waals surface area contributed by atoms with Gasteiger partial charge in [0.2, 0.25) is 0 Å². The van der Waals surface area contributed by atoms with Gasteiger partial charge in [0, 0.05) is 24.1 Å². The van der Waals surface area contributed by atoms with E-state index in [0.29, 0.717) is 0 Å². The van der Waals surface area contributed by atoms with Crippen LogP contribution in [-0.2, 0) is 4.74 Å². The molecule has 0 saturated carbocycles. The van der Waals surface area contributed by atoms with Crippen LogP contribution in [0, 0.1) is 0 Å². The molecule has 132 valence electrons. The van der Waals surface area contributed by atoms with Crippen LogP contribution in [-0.4, -0.2) is 37.7 Å². The molecule has 0 unspecified atom stereocenters. The van der Waals surface area contributed by atoms with Crippen LogP contribution in [0.25, 0.3) is 5.57 Å². The Hall–Kier alpha value is -1.14. The second-order valence-corrected chi connectivity index (χ2v) is 7.77. The Morgan fingerprint density at radius 2 is 1.84 bits per heavy atom. The van der Waals surface area contributed by atoms with E-state index in [1.54, 1.807) is 0 Å². The lowest BCUT2D eigenvalue weighted by Gasteiger charge is -2.25. The third kappa shape index (κ3) is 5.42. The normalized spacial score (nSPS) is 16.0. The van der Waals surface area contributed by atoms with Gasteiger partial charge in [0.1, 0.15) is 11.5 Å². The quantitative estimate of drug-likeness (QED) is 0.560. The predicted molar refractivity (Wildman–Crippen MR) is 109 cm³/mol. The highest BCUT2D eigenvalue weighted by Crippen LogP contribution is 2.32. The number of allylic oxidation sites excluding steroid dienone is 1. The Morgan fingerprint density at radius 1 is 1.12 bits per heavy atom. The van der Waals surface area contributed by atoms with E-state index < -0.39 is 0 Å². The number of nitrogens with zero attached hydrogens (tertiary/aromatic N) is 1. The third-order valence-corrected chi connectivity index (χ3v) is 5.30. The van der Waals surface area contributed by atoms with Crippen LogP contribution in [0.4, 0.5) is 0 Å². The van der Waals surface area contributed by atoms with Crippen LogP contribution in [0.2, 0.25) is 0 Å². The highest BCUT2D eigenvalue weighted by molar-refractivity contribution is 9.11. The summed E-state index contributed by atoms with van der Waals surface area (Å²) >= 11 is 6.97. The summed E-state index contributed by atoms with van der Waals surface area (Å²) in [6.45, 7) is 6.83. The van der Waals surface area contributed by atoms with Gasteiger partial charge in [-0.1, -0.05) is 34.1 Å². The van der Waals surface area contributed by atoms with Crippen molar-refractivity contribution in [1.82, 2.24) is 4.90 Å². The molecule has 3 nitrogen and oxygen atoms in total. The lowest BCUT2D eigenvalue weighted by atomic mass is 10.1. The Bertz CT molecular complexity index is 738. The summed E-state index contributed by atoms with van der Waals surface area (Å²) in [4.78, 5) is 2.41. The van der Waals surface area contributed by atoms with E-state index in [9.17, 15) is 0 Å². The van der Waals surface area contributed by atoms with Gasteiger partial charge in [-0.3, -0.25) is 4.90 Å². The third-order valence-electron chi connectivity index (χ3n) is 4.19. The second kappa shape index (κ2) is 8.99. The van der Waals surface area contributed by atoms with E-state index in [1.165, 1.54) is 11.1 Å². The molecule has 0 aliphatic carbocycles. The topological polar surface area (TPSA) is 21.7 Å². The maximum absolute atomic E-state index is 5.94. The number of morpholine rings is 1. The molecule has 0 amide bonds. The fraction of sp³-hybridized carbons (Fsp3) is 0.300. The molecule has 1 saturated heterocycles. The average Bonchev–Trinajstić information content (AvgIpc) is 2.63. The van der Waals surface area contributed by atoms with Gasteiger partial charge in [-0.15, -0.1) is 0 Å². The van der Waals surface area contributed by atoms with Crippen molar-refractivity contribution in [2.75, 3.05) is 32.8 Å². The predicted octanol–water partition coefficient (Wildman–Crippen LogP) is 5.74. The largest absolute Gasteiger partial charge is 0.456 e. The molecular formula is C20H21Br2NO2. The molecule has 25 heavy (non-hydrogen) atoms. The standard InChI is InChI=1S/C20H21Br2NO2/c1-15(8-9-23-10-12-24-13-11-23)16-2-5-18(6-3-16)25-20-7-4-17(21)14-19(20)22/h2-8,14H,9-13H2,1H3. The fourth-order valence-corrected chi connectivity index (χ4v) is 3.77. The Balaban J connectivity index is 1.62. The van der Waals surface area contributed by atoms with Crippen molar-refractivity contribution in [3.63, 3.8) is 0 Å². The van der Waals surface area contributed by atoms with Crippen molar-refractivity contribution in [3.8, 4) is 11.5 Å². The molecule has 5 heteroatoms. The van der Waals surface area contributed by atoms with Gasteiger partial charge in [0.15, 0.2) is 0 Å². The Labute approximate surface area is 165 Å². The minimum Gasteiger partial charge on any atom is -0.456 e. The summed E-state index contributed by atoms with van der Waals surface area (Å²) in [6.07, 6.45) is 2.28. The maximum Gasteiger partial charge on any atom is 0.141 e. The monoisotopic (exact) mass is 465 g/mol. The smallest absolute Gasteiger partial charge is 0.141 e. The summed E-state index contributed by atoms with van der Waals surface area (Å²) < 4.78 is 13.3. The zero-order valence-corrected chi connectivity index (χ0v) is 17.3. The van der Waals surface area contributed by atoms with Crippen LogP contribution in [0.1, 0.15) is 12.5 Å². The fourth-order valence-electron chi connectivity index (χ4n) is 2.64. The van der Waals surface area contributed by atoms with Crippen molar-refractivity contribution in [1.29, 1.82) is 0 Å². The van der Waals surface area contributed by atoms with Crippen molar-refractivity contribution in [2.45, 2.75) is 6.92 Å². The van der Waals surface area contributed by atoms with Crippen molar-refractivity contribution in [3.05, 3.63) is 63.0 Å². The number of ether oxygens (including phenoxy) is 2. The van der Waals surface area contributed by atoms with E-state index in [-0.39, 0.29) is 0 Å². The Morgan fingerprint density at radius 3 is 2.52 bits per heavy atom. The molecule has 0 radical (unpaired) electrons. The second-order valence-electron chi connectivity index (χ2n) is 6.00. The van der Waals surface area contributed by atoms with E-state index in [0.717, 1.165) is 53.3 Å². The summed E-state index contributed by atoms with van der Waals surface area (Å²) in [5.74, 6) is 1.63. The van der Waals surface area contributed by atoms with Crippen LogP contribution < -0.4 is 4.74 Å².